The number of rotatable bonds is 6. The van der Waals surface area contributed by atoms with Crippen molar-refractivity contribution in [2.24, 2.45) is 0 Å². The summed E-state index contributed by atoms with van der Waals surface area (Å²) in [4.78, 5) is 23.8. The number of aromatic nitrogens is 4. The molecular formula is C26H27BrN6O3. The largest absolute Gasteiger partial charge is 0.383 e. The van der Waals surface area contributed by atoms with Crippen LogP contribution >= 0.6 is 15.9 Å². The molecule has 3 N–H and O–H groups in total. The summed E-state index contributed by atoms with van der Waals surface area (Å²) in [6.45, 7) is 1.05. The molecule has 0 aliphatic carbocycles. The third-order valence-corrected chi connectivity index (χ3v) is 7.41. The van der Waals surface area contributed by atoms with E-state index in [-0.39, 0.29) is 18.4 Å². The van der Waals surface area contributed by atoms with Crippen LogP contribution in [0.4, 0.5) is 5.82 Å². The maximum atomic E-state index is 12.4. The summed E-state index contributed by atoms with van der Waals surface area (Å²) in [6, 6.07) is 14.0. The van der Waals surface area contributed by atoms with Crippen LogP contribution in [0.1, 0.15) is 24.5 Å². The number of piperidine rings is 1. The van der Waals surface area contributed by atoms with Crippen molar-refractivity contribution in [3.8, 4) is 22.4 Å². The molecular weight excluding hydrogens is 524 g/mol. The monoisotopic (exact) mass is 550 g/mol. The lowest BCUT2D eigenvalue weighted by Gasteiger charge is -2.33. The number of methoxy groups -OCH3 is 1. The first-order chi connectivity index (χ1) is 17.5. The number of fused-ring (bicyclic) bond motifs is 1. The topological polar surface area (TPSA) is 119 Å². The van der Waals surface area contributed by atoms with Crippen LogP contribution in [-0.4, -0.2) is 68.4 Å². The predicted molar refractivity (Wildman–Crippen MR) is 140 cm³/mol. The zero-order chi connectivity index (χ0) is 25.2. The van der Waals surface area contributed by atoms with E-state index in [2.05, 4.69) is 26.0 Å². The Bertz CT molecular complexity index is 1370. The Morgan fingerprint density at radius 3 is 2.58 bits per heavy atom. The number of carbonyl (C=O) groups excluding carboxylic acids is 1. The lowest BCUT2D eigenvalue weighted by molar-refractivity contribution is -0.143. The van der Waals surface area contributed by atoms with Crippen LogP contribution in [0.15, 0.2) is 59.3 Å². The molecule has 4 heterocycles. The maximum absolute atomic E-state index is 12.4. The average molecular weight is 551 g/mol. The zero-order valence-electron chi connectivity index (χ0n) is 19.8. The molecule has 186 valence electrons. The molecule has 1 amide bonds. The Morgan fingerprint density at radius 2 is 1.92 bits per heavy atom. The third kappa shape index (κ3) is 4.59. The molecule has 4 aromatic rings. The zero-order valence-corrected chi connectivity index (χ0v) is 21.4. The Morgan fingerprint density at radius 1 is 1.17 bits per heavy atom. The second-order valence-corrected chi connectivity index (χ2v) is 9.65. The summed E-state index contributed by atoms with van der Waals surface area (Å²) in [7, 11) is 1.46. The molecule has 9 nitrogen and oxygen atoms in total. The van der Waals surface area contributed by atoms with Gasteiger partial charge in [0.05, 0.1) is 28.7 Å². The fraction of sp³-hybridized carbons (Fsp3) is 0.308. The third-order valence-electron chi connectivity index (χ3n) is 6.60. The molecule has 1 fully saturated rings. The van der Waals surface area contributed by atoms with Gasteiger partial charge in [-0.25, -0.2) is 4.98 Å². The van der Waals surface area contributed by atoms with Gasteiger partial charge in [0.15, 0.2) is 11.8 Å². The van der Waals surface area contributed by atoms with Gasteiger partial charge < -0.3 is 20.5 Å². The van der Waals surface area contributed by atoms with E-state index in [1.807, 2.05) is 48.7 Å². The van der Waals surface area contributed by atoms with Crippen molar-refractivity contribution in [3.05, 3.63) is 65.0 Å². The minimum Gasteiger partial charge on any atom is -0.383 e. The predicted octanol–water partition coefficient (Wildman–Crippen LogP) is 3.52. The van der Waals surface area contributed by atoms with Gasteiger partial charge in [-0.05, 0) is 34.8 Å². The molecule has 1 aromatic carbocycles. The van der Waals surface area contributed by atoms with E-state index < -0.39 is 6.10 Å². The standard InChI is InChI=1S/C26H27BrN6O3/c1-36-15-21(34)26(35)32-11-9-17(10-12-32)23-22(27)24(28)33-25(31-23)19(14-30-33)18-7-8-20(29-13-18)16-5-3-2-4-6-16/h2-8,13-14,17,21,34H,9-12,15,28H2,1H3. The van der Waals surface area contributed by atoms with Crippen LogP contribution < -0.4 is 5.73 Å². The SMILES string of the molecule is COCC(O)C(=O)N1CCC(c2nc3c(-c4ccc(-c5ccccc5)nc4)cnn3c(N)c2Br)CC1. The number of benzene rings is 1. The molecule has 1 saturated heterocycles. The van der Waals surface area contributed by atoms with Crippen LogP contribution in [0.2, 0.25) is 0 Å². The highest BCUT2D eigenvalue weighted by molar-refractivity contribution is 9.10. The van der Waals surface area contributed by atoms with Crippen LogP contribution in [0.25, 0.3) is 28.0 Å². The van der Waals surface area contributed by atoms with E-state index in [9.17, 15) is 9.90 Å². The lowest BCUT2D eigenvalue weighted by Crippen LogP contribution is -2.45. The Balaban J connectivity index is 1.41. The molecule has 5 rings (SSSR count). The van der Waals surface area contributed by atoms with Crippen molar-refractivity contribution in [2.45, 2.75) is 24.9 Å². The van der Waals surface area contributed by atoms with Gasteiger partial charge in [0, 0.05) is 49.0 Å². The van der Waals surface area contributed by atoms with Gasteiger partial charge in [0.1, 0.15) is 5.82 Å². The second-order valence-electron chi connectivity index (χ2n) is 8.86. The Labute approximate surface area is 217 Å². The van der Waals surface area contributed by atoms with Crippen molar-refractivity contribution in [3.63, 3.8) is 0 Å². The minimum absolute atomic E-state index is 0.00968. The highest BCUT2D eigenvalue weighted by Crippen LogP contribution is 2.37. The number of nitrogen functional groups attached to an aromatic ring is 1. The fourth-order valence-electron chi connectivity index (χ4n) is 4.63. The van der Waals surface area contributed by atoms with Crippen molar-refractivity contribution in [1.82, 2.24) is 24.5 Å². The number of nitrogens with two attached hydrogens (primary N) is 1. The van der Waals surface area contributed by atoms with Gasteiger partial charge in [-0.15, -0.1) is 0 Å². The number of hydrogen-bond donors (Lipinski definition) is 2. The summed E-state index contributed by atoms with van der Waals surface area (Å²) >= 11 is 3.63. The van der Waals surface area contributed by atoms with Crippen molar-refractivity contribution in [2.75, 3.05) is 32.5 Å². The molecule has 10 heteroatoms. The van der Waals surface area contributed by atoms with Gasteiger partial charge in [-0.3, -0.25) is 9.78 Å². The quantitative estimate of drug-likeness (QED) is 0.377. The van der Waals surface area contributed by atoms with E-state index in [4.69, 9.17) is 15.5 Å². The molecule has 0 radical (unpaired) electrons. The van der Waals surface area contributed by atoms with Gasteiger partial charge in [-0.2, -0.15) is 9.61 Å². The number of aliphatic hydroxyl groups is 1. The summed E-state index contributed by atoms with van der Waals surface area (Å²) < 4.78 is 7.25. The summed E-state index contributed by atoms with van der Waals surface area (Å²) in [5.74, 6) is 0.280. The fourth-order valence-corrected chi connectivity index (χ4v) is 5.21. The summed E-state index contributed by atoms with van der Waals surface area (Å²) in [5.41, 5.74) is 11.7. The van der Waals surface area contributed by atoms with Crippen LogP contribution in [0.3, 0.4) is 0 Å². The number of aliphatic hydroxyl groups excluding tert-OH is 1. The molecule has 1 aliphatic rings. The highest BCUT2D eigenvalue weighted by atomic mass is 79.9. The van der Waals surface area contributed by atoms with Gasteiger partial charge >= 0.3 is 0 Å². The molecule has 36 heavy (non-hydrogen) atoms. The van der Waals surface area contributed by atoms with Crippen LogP contribution in [0, 0.1) is 0 Å². The molecule has 1 atom stereocenters. The first-order valence-corrected chi connectivity index (χ1v) is 12.6. The van der Waals surface area contributed by atoms with E-state index in [1.165, 1.54) is 7.11 Å². The number of likely N-dealkylation sites (tertiary alicyclic amines) is 1. The molecule has 3 aromatic heterocycles. The molecule has 1 unspecified atom stereocenters. The van der Waals surface area contributed by atoms with Gasteiger partial charge in [-0.1, -0.05) is 36.4 Å². The molecule has 0 bridgehead atoms. The van der Waals surface area contributed by atoms with E-state index in [0.29, 0.717) is 41.9 Å². The van der Waals surface area contributed by atoms with Crippen molar-refractivity contribution in [1.29, 1.82) is 0 Å². The Hall–Kier alpha value is -3.34. The number of anilines is 1. The number of ether oxygens (including phenoxy) is 1. The number of nitrogens with zero attached hydrogens (tertiary/aromatic N) is 5. The van der Waals surface area contributed by atoms with Crippen molar-refractivity contribution >= 4 is 33.3 Å². The minimum atomic E-state index is -1.14. The molecule has 0 saturated carbocycles. The highest BCUT2D eigenvalue weighted by Gasteiger charge is 2.30. The van der Waals surface area contributed by atoms with E-state index >= 15 is 0 Å². The smallest absolute Gasteiger partial charge is 0.253 e. The first-order valence-electron chi connectivity index (χ1n) is 11.8. The lowest BCUT2D eigenvalue weighted by atomic mass is 9.92. The summed E-state index contributed by atoms with van der Waals surface area (Å²) in [6.07, 6.45) is 3.87. The molecule has 0 spiro atoms. The van der Waals surface area contributed by atoms with Crippen LogP contribution in [0.5, 0.6) is 0 Å². The maximum Gasteiger partial charge on any atom is 0.253 e. The number of amides is 1. The van der Waals surface area contributed by atoms with Gasteiger partial charge in [0.25, 0.3) is 5.91 Å². The number of hydrogen-bond acceptors (Lipinski definition) is 7. The normalized spacial score (nSPS) is 15.4. The number of halogens is 1. The van der Waals surface area contributed by atoms with Crippen molar-refractivity contribution < 1.29 is 14.6 Å². The van der Waals surface area contributed by atoms with Crippen LogP contribution in [-0.2, 0) is 9.53 Å². The first kappa shape index (κ1) is 24.4. The average Bonchev–Trinajstić information content (AvgIpc) is 3.35. The van der Waals surface area contributed by atoms with E-state index in [1.54, 1.807) is 15.6 Å². The Kier molecular flexibility index (Phi) is 6.99. The van der Waals surface area contributed by atoms with Gasteiger partial charge in [0.2, 0.25) is 0 Å². The van der Waals surface area contributed by atoms with E-state index in [0.717, 1.165) is 28.1 Å². The summed E-state index contributed by atoms with van der Waals surface area (Å²) in [5, 5.41) is 14.5. The molecule has 1 aliphatic heterocycles. The second kappa shape index (κ2) is 10.3. The number of carbonyl (C=O) groups is 1. The number of pyridine rings is 1.